The molecule has 0 atom stereocenters. The number of amides is 2. The molecule has 0 aromatic carbocycles. The maximum Gasteiger partial charge on any atom is 0.323 e. The Morgan fingerprint density at radius 3 is 2.62 bits per heavy atom. The van der Waals surface area contributed by atoms with Crippen molar-refractivity contribution in [3.8, 4) is 0 Å². The zero-order chi connectivity index (χ0) is 15.4. The highest BCUT2D eigenvalue weighted by atomic mass is 32.1. The van der Waals surface area contributed by atoms with E-state index in [1.165, 1.54) is 4.90 Å². The van der Waals surface area contributed by atoms with Crippen LogP contribution in [0.15, 0.2) is 17.5 Å². The van der Waals surface area contributed by atoms with E-state index in [1.54, 1.807) is 16.2 Å². The van der Waals surface area contributed by atoms with Crippen LogP contribution in [0.3, 0.4) is 0 Å². The molecular weight excluding hydrogens is 288 g/mol. The molecule has 0 aliphatic heterocycles. The second-order valence-electron chi connectivity index (χ2n) is 5.80. The van der Waals surface area contributed by atoms with E-state index in [1.807, 2.05) is 31.4 Å². The van der Waals surface area contributed by atoms with Gasteiger partial charge in [-0.05, 0) is 44.1 Å². The molecule has 0 bridgehead atoms. The molecule has 1 N–H and O–H groups in total. The van der Waals surface area contributed by atoms with Gasteiger partial charge in [-0.1, -0.05) is 6.07 Å². The molecule has 1 aromatic heterocycles. The van der Waals surface area contributed by atoms with E-state index in [4.69, 9.17) is 5.11 Å². The molecule has 1 aliphatic rings. The van der Waals surface area contributed by atoms with Gasteiger partial charge in [0.25, 0.3) is 0 Å². The van der Waals surface area contributed by atoms with Gasteiger partial charge in [0.1, 0.15) is 6.54 Å². The second-order valence-corrected chi connectivity index (χ2v) is 6.83. The van der Waals surface area contributed by atoms with Gasteiger partial charge in [-0.3, -0.25) is 4.79 Å². The molecule has 6 heteroatoms. The zero-order valence-electron chi connectivity index (χ0n) is 12.5. The van der Waals surface area contributed by atoms with E-state index in [0.717, 1.165) is 17.7 Å². The van der Waals surface area contributed by atoms with Gasteiger partial charge in [-0.2, -0.15) is 0 Å². The minimum atomic E-state index is -0.955. The average Bonchev–Trinajstić information content (AvgIpc) is 3.07. The molecule has 0 unspecified atom stereocenters. The van der Waals surface area contributed by atoms with Crippen LogP contribution in [0.1, 0.15) is 31.6 Å². The molecule has 0 radical (unpaired) electrons. The lowest BCUT2D eigenvalue weighted by Crippen LogP contribution is -2.48. The molecule has 2 amide bonds. The van der Waals surface area contributed by atoms with Crippen LogP contribution < -0.4 is 0 Å². The number of nitrogens with zero attached hydrogens (tertiary/aromatic N) is 2. The van der Waals surface area contributed by atoms with E-state index in [0.29, 0.717) is 19.0 Å². The minimum absolute atomic E-state index is 0.0371. The van der Waals surface area contributed by atoms with Crippen LogP contribution >= 0.6 is 11.3 Å². The molecule has 5 nitrogen and oxygen atoms in total. The van der Waals surface area contributed by atoms with Crippen LogP contribution in [0.2, 0.25) is 0 Å². The van der Waals surface area contributed by atoms with Crippen molar-refractivity contribution in [2.45, 2.75) is 39.3 Å². The Labute approximate surface area is 129 Å². The number of carboxylic acid groups (broad SMARTS) is 1. The van der Waals surface area contributed by atoms with Gasteiger partial charge >= 0.3 is 12.0 Å². The molecule has 2 rings (SSSR count). The first-order valence-corrected chi connectivity index (χ1v) is 8.15. The smallest absolute Gasteiger partial charge is 0.323 e. The van der Waals surface area contributed by atoms with Gasteiger partial charge in [-0.25, -0.2) is 4.79 Å². The van der Waals surface area contributed by atoms with Gasteiger partial charge in [0.15, 0.2) is 0 Å². The van der Waals surface area contributed by atoms with Crippen molar-refractivity contribution in [1.82, 2.24) is 9.80 Å². The summed E-state index contributed by atoms with van der Waals surface area (Å²) in [6.07, 6.45) is 2.19. The van der Waals surface area contributed by atoms with Crippen LogP contribution in [0, 0.1) is 5.92 Å². The highest BCUT2D eigenvalue weighted by Gasteiger charge is 2.31. The summed E-state index contributed by atoms with van der Waals surface area (Å²) in [6, 6.07) is 3.82. The first kappa shape index (κ1) is 15.8. The van der Waals surface area contributed by atoms with Crippen LogP contribution in [0.25, 0.3) is 0 Å². The van der Waals surface area contributed by atoms with Crippen molar-refractivity contribution in [1.29, 1.82) is 0 Å². The average molecular weight is 310 g/mol. The van der Waals surface area contributed by atoms with Gasteiger partial charge in [0, 0.05) is 17.5 Å². The Morgan fingerprint density at radius 1 is 1.43 bits per heavy atom. The molecule has 1 saturated carbocycles. The summed E-state index contributed by atoms with van der Waals surface area (Å²) >= 11 is 1.61. The molecule has 116 valence electrons. The number of aliphatic carboxylic acids is 1. The number of hydrogen-bond donors (Lipinski definition) is 1. The highest BCUT2D eigenvalue weighted by molar-refractivity contribution is 7.09. The summed E-state index contributed by atoms with van der Waals surface area (Å²) in [7, 11) is 0. The Hall–Kier alpha value is -1.56. The summed E-state index contributed by atoms with van der Waals surface area (Å²) in [5, 5.41) is 11.0. The second kappa shape index (κ2) is 6.93. The van der Waals surface area contributed by atoms with Crippen molar-refractivity contribution in [2.75, 3.05) is 13.1 Å². The predicted octanol–water partition coefficient (Wildman–Crippen LogP) is 2.88. The number of hydrogen-bond acceptors (Lipinski definition) is 3. The lowest BCUT2D eigenvalue weighted by molar-refractivity contribution is -0.137. The lowest BCUT2D eigenvalue weighted by atomic mass is 10.3. The van der Waals surface area contributed by atoms with E-state index in [-0.39, 0.29) is 18.6 Å². The lowest BCUT2D eigenvalue weighted by Gasteiger charge is -2.32. The number of carboxylic acids is 1. The molecule has 1 fully saturated rings. The van der Waals surface area contributed by atoms with E-state index < -0.39 is 5.97 Å². The van der Waals surface area contributed by atoms with E-state index in [2.05, 4.69) is 0 Å². The standard InChI is InChI=1S/C15H22N2O3S/c1-11(2)17(9-13-4-3-7-21-13)15(20)16(10-14(18)19)8-12-5-6-12/h3-4,7,11-12H,5-6,8-10H2,1-2H3,(H,18,19). The Bertz CT molecular complexity index is 483. The zero-order valence-corrected chi connectivity index (χ0v) is 13.3. The van der Waals surface area contributed by atoms with Crippen LogP contribution in [-0.4, -0.2) is 46.0 Å². The number of thiophene rings is 1. The molecular formula is C15H22N2O3S. The third-order valence-electron chi connectivity index (χ3n) is 3.55. The molecule has 0 saturated heterocycles. The molecule has 21 heavy (non-hydrogen) atoms. The molecule has 1 heterocycles. The third-order valence-corrected chi connectivity index (χ3v) is 4.41. The van der Waals surface area contributed by atoms with Gasteiger partial charge in [-0.15, -0.1) is 11.3 Å². The van der Waals surface area contributed by atoms with Gasteiger partial charge < -0.3 is 14.9 Å². The first-order chi connectivity index (χ1) is 9.97. The van der Waals surface area contributed by atoms with E-state index in [9.17, 15) is 9.59 Å². The van der Waals surface area contributed by atoms with E-state index >= 15 is 0 Å². The van der Waals surface area contributed by atoms with Crippen molar-refractivity contribution < 1.29 is 14.7 Å². The van der Waals surface area contributed by atoms with Crippen molar-refractivity contribution in [3.05, 3.63) is 22.4 Å². The maximum absolute atomic E-state index is 12.7. The predicted molar refractivity (Wildman–Crippen MR) is 82.3 cm³/mol. The number of carbonyl (C=O) groups is 2. The SMILES string of the molecule is CC(C)N(Cc1cccs1)C(=O)N(CC(=O)O)CC1CC1. The Balaban J connectivity index is 2.07. The normalized spacial score (nSPS) is 14.2. The fourth-order valence-electron chi connectivity index (χ4n) is 2.21. The topological polar surface area (TPSA) is 60.9 Å². The minimum Gasteiger partial charge on any atom is -0.480 e. The van der Waals surface area contributed by atoms with Crippen molar-refractivity contribution >= 4 is 23.3 Å². The number of urea groups is 1. The number of carbonyl (C=O) groups excluding carboxylic acids is 1. The fourth-order valence-corrected chi connectivity index (χ4v) is 2.91. The summed E-state index contributed by atoms with van der Waals surface area (Å²) in [5.41, 5.74) is 0. The summed E-state index contributed by atoms with van der Waals surface area (Å²) in [6.45, 7) is 4.79. The van der Waals surface area contributed by atoms with Crippen LogP contribution in [0.4, 0.5) is 4.79 Å². The Morgan fingerprint density at radius 2 is 2.14 bits per heavy atom. The summed E-state index contributed by atoms with van der Waals surface area (Å²) in [4.78, 5) is 28.1. The summed E-state index contributed by atoms with van der Waals surface area (Å²) in [5.74, 6) is -0.479. The van der Waals surface area contributed by atoms with Gasteiger partial charge in [0.05, 0.1) is 6.54 Å². The van der Waals surface area contributed by atoms with Crippen LogP contribution in [0.5, 0.6) is 0 Å². The van der Waals surface area contributed by atoms with Crippen LogP contribution in [-0.2, 0) is 11.3 Å². The maximum atomic E-state index is 12.7. The number of rotatable bonds is 7. The van der Waals surface area contributed by atoms with Crippen molar-refractivity contribution in [3.63, 3.8) is 0 Å². The molecule has 1 aliphatic carbocycles. The fraction of sp³-hybridized carbons (Fsp3) is 0.600. The highest BCUT2D eigenvalue weighted by Crippen LogP contribution is 2.30. The quantitative estimate of drug-likeness (QED) is 0.842. The molecule has 0 spiro atoms. The molecule has 1 aromatic rings. The Kier molecular flexibility index (Phi) is 5.22. The van der Waals surface area contributed by atoms with Gasteiger partial charge in [0.2, 0.25) is 0 Å². The monoisotopic (exact) mass is 310 g/mol. The third kappa shape index (κ3) is 4.74. The summed E-state index contributed by atoms with van der Waals surface area (Å²) < 4.78 is 0. The first-order valence-electron chi connectivity index (χ1n) is 7.27. The largest absolute Gasteiger partial charge is 0.480 e. The van der Waals surface area contributed by atoms with Crippen molar-refractivity contribution in [2.24, 2.45) is 5.92 Å².